The standard InChI is InChI=1S/C51H39N/c1-50(2)45-25-12-9-21-40(45)43-23-15-24-44(49(43)50)42-22-11-14-27-48(42)52(37-29-28-34-16-7-8-17-35(34)32-37)38-30-31-41-39-20-10-13-26-46(39)51(3,47(41)33-38)36-18-5-4-6-19-36/h4-33H,1-3H3. The zero-order valence-electron chi connectivity index (χ0n) is 29.8. The molecule has 0 bridgehead atoms. The van der Waals surface area contributed by atoms with Crippen LogP contribution in [0.15, 0.2) is 182 Å². The molecule has 0 radical (unpaired) electrons. The molecule has 0 amide bonds. The lowest BCUT2D eigenvalue weighted by molar-refractivity contribution is 0.662. The molecule has 1 nitrogen and oxygen atoms in total. The number of nitrogens with zero attached hydrogens (tertiary/aromatic N) is 1. The maximum absolute atomic E-state index is 2.49. The highest BCUT2D eigenvalue weighted by atomic mass is 15.1. The van der Waals surface area contributed by atoms with Gasteiger partial charge in [-0.2, -0.15) is 0 Å². The number of para-hydroxylation sites is 1. The highest BCUT2D eigenvalue weighted by Gasteiger charge is 2.41. The van der Waals surface area contributed by atoms with E-state index in [-0.39, 0.29) is 10.8 Å². The molecule has 0 saturated heterocycles. The van der Waals surface area contributed by atoms with E-state index in [9.17, 15) is 0 Å². The van der Waals surface area contributed by atoms with Gasteiger partial charge in [-0.3, -0.25) is 0 Å². The predicted octanol–water partition coefficient (Wildman–Crippen LogP) is 13.6. The Morgan fingerprint density at radius 1 is 0.365 bits per heavy atom. The third-order valence-electron chi connectivity index (χ3n) is 11.9. The number of anilines is 3. The van der Waals surface area contributed by atoms with Crippen LogP contribution in [0.4, 0.5) is 17.1 Å². The number of fused-ring (bicyclic) bond motifs is 7. The molecule has 0 spiro atoms. The van der Waals surface area contributed by atoms with E-state index in [1.165, 1.54) is 72.0 Å². The van der Waals surface area contributed by atoms with Gasteiger partial charge < -0.3 is 4.90 Å². The molecule has 52 heavy (non-hydrogen) atoms. The fourth-order valence-electron chi connectivity index (χ4n) is 9.41. The van der Waals surface area contributed by atoms with Crippen molar-refractivity contribution in [1.29, 1.82) is 0 Å². The summed E-state index contributed by atoms with van der Waals surface area (Å²) < 4.78 is 0. The minimum Gasteiger partial charge on any atom is -0.310 e. The van der Waals surface area contributed by atoms with E-state index < -0.39 is 0 Å². The molecule has 2 aliphatic rings. The lowest BCUT2D eigenvalue weighted by Crippen LogP contribution is -2.23. The summed E-state index contributed by atoms with van der Waals surface area (Å²) in [6.07, 6.45) is 0. The summed E-state index contributed by atoms with van der Waals surface area (Å²) in [7, 11) is 0. The first-order chi connectivity index (χ1) is 25.4. The van der Waals surface area contributed by atoms with Gasteiger partial charge in [-0.05, 0) is 104 Å². The van der Waals surface area contributed by atoms with Crippen LogP contribution in [0.25, 0.3) is 44.2 Å². The van der Waals surface area contributed by atoms with Gasteiger partial charge in [0.15, 0.2) is 0 Å². The van der Waals surface area contributed by atoms with Crippen molar-refractivity contribution in [2.45, 2.75) is 31.6 Å². The number of hydrogen-bond acceptors (Lipinski definition) is 1. The lowest BCUT2D eigenvalue weighted by atomic mass is 9.74. The van der Waals surface area contributed by atoms with Crippen LogP contribution in [0.3, 0.4) is 0 Å². The first-order valence-electron chi connectivity index (χ1n) is 18.4. The van der Waals surface area contributed by atoms with Crippen LogP contribution in [0.1, 0.15) is 48.6 Å². The number of benzene rings is 8. The van der Waals surface area contributed by atoms with Crippen LogP contribution in [-0.2, 0) is 10.8 Å². The van der Waals surface area contributed by atoms with Crippen LogP contribution in [0, 0.1) is 0 Å². The van der Waals surface area contributed by atoms with Gasteiger partial charge in [0.1, 0.15) is 0 Å². The van der Waals surface area contributed by atoms with Crippen molar-refractivity contribution in [3.63, 3.8) is 0 Å². The van der Waals surface area contributed by atoms with E-state index in [0.29, 0.717) is 0 Å². The fraction of sp³-hybridized carbons (Fsp3) is 0.0980. The third-order valence-corrected chi connectivity index (χ3v) is 11.9. The highest BCUT2D eigenvalue weighted by molar-refractivity contribution is 5.97. The Hall–Kier alpha value is -6.18. The van der Waals surface area contributed by atoms with Crippen molar-refractivity contribution < 1.29 is 0 Å². The second-order valence-corrected chi connectivity index (χ2v) is 15.0. The third kappa shape index (κ3) is 4.36. The molecule has 1 unspecified atom stereocenters. The zero-order valence-corrected chi connectivity index (χ0v) is 29.8. The molecule has 10 rings (SSSR count). The number of rotatable bonds is 5. The van der Waals surface area contributed by atoms with Crippen LogP contribution < -0.4 is 4.90 Å². The summed E-state index contributed by atoms with van der Waals surface area (Å²) in [5.41, 5.74) is 17.6. The van der Waals surface area contributed by atoms with Crippen LogP contribution in [0.2, 0.25) is 0 Å². The molecule has 2 aliphatic carbocycles. The Morgan fingerprint density at radius 3 is 1.69 bits per heavy atom. The van der Waals surface area contributed by atoms with Crippen molar-refractivity contribution in [1.82, 2.24) is 0 Å². The Bertz CT molecular complexity index is 2680. The van der Waals surface area contributed by atoms with E-state index in [1.807, 2.05) is 0 Å². The van der Waals surface area contributed by atoms with Crippen molar-refractivity contribution >= 4 is 27.8 Å². The van der Waals surface area contributed by atoms with Gasteiger partial charge >= 0.3 is 0 Å². The maximum atomic E-state index is 2.49. The molecule has 0 N–H and O–H groups in total. The Kier molecular flexibility index (Phi) is 6.73. The van der Waals surface area contributed by atoms with Crippen LogP contribution in [0.5, 0.6) is 0 Å². The lowest BCUT2D eigenvalue weighted by Gasteiger charge is -2.32. The first-order valence-corrected chi connectivity index (χ1v) is 18.4. The van der Waals surface area contributed by atoms with Gasteiger partial charge in [-0.15, -0.1) is 0 Å². The molecule has 1 atom stereocenters. The minimum atomic E-state index is -0.298. The van der Waals surface area contributed by atoms with Crippen molar-refractivity contribution in [3.05, 3.63) is 210 Å². The Balaban J connectivity index is 1.23. The van der Waals surface area contributed by atoms with Crippen molar-refractivity contribution in [2.24, 2.45) is 0 Å². The largest absolute Gasteiger partial charge is 0.310 e. The molecule has 0 fully saturated rings. The molecular formula is C51H39N. The molecule has 0 aliphatic heterocycles. The van der Waals surface area contributed by atoms with E-state index in [4.69, 9.17) is 0 Å². The van der Waals surface area contributed by atoms with E-state index in [2.05, 4.69) is 208 Å². The summed E-state index contributed by atoms with van der Waals surface area (Å²) in [6.45, 7) is 7.17. The predicted molar refractivity (Wildman–Crippen MR) is 219 cm³/mol. The smallest absolute Gasteiger partial charge is 0.0540 e. The monoisotopic (exact) mass is 665 g/mol. The molecule has 0 heterocycles. The summed E-state index contributed by atoms with van der Waals surface area (Å²) >= 11 is 0. The zero-order chi connectivity index (χ0) is 35.0. The summed E-state index contributed by atoms with van der Waals surface area (Å²) in [5.74, 6) is 0. The molecular weight excluding hydrogens is 627 g/mol. The molecule has 1 heteroatoms. The molecule has 8 aromatic carbocycles. The van der Waals surface area contributed by atoms with E-state index in [0.717, 1.165) is 17.1 Å². The van der Waals surface area contributed by atoms with Gasteiger partial charge in [-0.25, -0.2) is 0 Å². The van der Waals surface area contributed by atoms with Crippen LogP contribution >= 0.6 is 0 Å². The minimum absolute atomic E-state index is 0.139. The van der Waals surface area contributed by atoms with Crippen LogP contribution in [-0.4, -0.2) is 0 Å². The summed E-state index contributed by atoms with van der Waals surface area (Å²) in [4.78, 5) is 2.49. The molecule has 8 aromatic rings. The number of hydrogen-bond donors (Lipinski definition) is 0. The Labute approximate surface area is 306 Å². The van der Waals surface area contributed by atoms with Gasteiger partial charge in [0.25, 0.3) is 0 Å². The van der Waals surface area contributed by atoms with E-state index >= 15 is 0 Å². The second kappa shape index (κ2) is 11.4. The normalized spacial score (nSPS) is 16.2. The fourth-order valence-corrected chi connectivity index (χ4v) is 9.41. The summed E-state index contributed by atoms with van der Waals surface area (Å²) in [5, 5.41) is 2.46. The molecule has 0 aromatic heterocycles. The van der Waals surface area contributed by atoms with Gasteiger partial charge in [0, 0.05) is 27.8 Å². The van der Waals surface area contributed by atoms with Gasteiger partial charge in [-0.1, -0.05) is 166 Å². The maximum Gasteiger partial charge on any atom is 0.0540 e. The molecule has 248 valence electrons. The molecule has 0 saturated carbocycles. The van der Waals surface area contributed by atoms with Crippen molar-refractivity contribution in [2.75, 3.05) is 4.90 Å². The SMILES string of the molecule is CC1(C)c2ccccc2-c2cccc(-c3ccccc3N(c3ccc4c(c3)C(C)(c3ccccc3)c3ccccc3-4)c3ccc4ccccc4c3)c21. The Morgan fingerprint density at radius 2 is 0.904 bits per heavy atom. The topological polar surface area (TPSA) is 3.24 Å². The van der Waals surface area contributed by atoms with Gasteiger partial charge in [0.2, 0.25) is 0 Å². The van der Waals surface area contributed by atoms with E-state index in [1.54, 1.807) is 0 Å². The average molecular weight is 666 g/mol. The first kappa shape index (κ1) is 30.6. The van der Waals surface area contributed by atoms with Crippen molar-refractivity contribution in [3.8, 4) is 33.4 Å². The quantitative estimate of drug-likeness (QED) is 0.177. The average Bonchev–Trinajstić information content (AvgIpc) is 3.60. The second-order valence-electron chi connectivity index (χ2n) is 15.0. The summed E-state index contributed by atoms with van der Waals surface area (Å²) in [6, 6.07) is 67.5. The highest BCUT2D eigenvalue weighted by Crippen LogP contribution is 2.56. The van der Waals surface area contributed by atoms with Gasteiger partial charge in [0.05, 0.1) is 5.69 Å².